The molecule has 0 atom stereocenters. The lowest BCUT2D eigenvalue weighted by atomic mass is 9.88. The molecule has 0 aliphatic carbocycles. The second-order valence-electron chi connectivity index (χ2n) is 6.72. The van der Waals surface area contributed by atoms with Gasteiger partial charge < -0.3 is 14.8 Å². The first kappa shape index (κ1) is 21.4. The van der Waals surface area contributed by atoms with Crippen LogP contribution in [0.5, 0.6) is 5.75 Å². The third-order valence-corrected chi connectivity index (χ3v) is 4.66. The highest BCUT2D eigenvalue weighted by Crippen LogP contribution is 2.28. The topological polar surface area (TPSA) is 102 Å². The van der Waals surface area contributed by atoms with E-state index in [0.717, 1.165) is 17.7 Å². The number of amides is 3. The van der Waals surface area contributed by atoms with Crippen LogP contribution in [0.3, 0.4) is 0 Å². The van der Waals surface area contributed by atoms with Gasteiger partial charge in [0.15, 0.2) is 12.4 Å². The molecule has 1 aromatic carbocycles. The number of hydrogen-bond donors (Lipinski definition) is 1. The minimum absolute atomic E-state index is 0.369. The third-order valence-electron chi connectivity index (χ3n) is 4.66. The fourth-order valence-electron chi connectivity index (χ4n) is 3.32. The summed E-state index contributed by atoms with van der Waals surface area (Å²) in [7, 11) is 1.52. The normalized spacial score (nSPS) is 15.3. The van der Waals surface area contributed by atoms with E-state index in [-0.39, 0.29) is 5.78 Å². The Morgan fingerprint density at radius 2 is 1.68 bits per heavy atom. The van der Waals surface area contributed by atoms with E-state index >= 15 is 0 Å². The molecule has 1 fully saturated rings. The average molecular weight is 390 g/mol. The maximum absolute atomic E-state index is 12.7. The number of ether oxygens (including phenoxy) is 2. The van der Waals surface area contributed by atoms with Crippen molar-refractivity contribution in [3.8, 4) is 5.75 Å². The van der Waals surface area contributed by atoms with Gasteiger partial charge in [-0.05, 0) is 37.1 Å². The van der Waals surface area contributed by atoms with Crippen molar-refractivity contribution in [2.24, 2.45) is 0 Å². The fraction of sp³-hybridized carbons (Fsp3) is 0.500. The van der Waals surface area contributed by atoms with Crippen molar-refractivity contribution < 1.29 is 28.7 Å². The van der Waals surface area contributed by atoms with E-state index in [4.69, 9.17) is 9.47 Å². The van der Waals surface area contributed by atoms with Crippen LogP contribution in [0.1, 0.15) is 49.9 Å². The second-order valence-corrected chi connectivity index (χ2v) is 6.72. The molecule has 1 saturated heterocycles. The summed E-state index contributed by atoms with van der Waals surface area (Å²) in [6.45, 7) is 2.87. The number of nitrogens with zero attached hydrogens (tertiary/aromatic N) is 1. The monoisotopic (exact) mass is 390 g/mol. The number of nitrogens with one attached hydrogen (secondary N) is 1. The number of carbonyl (C=O) groups is 4. The van der Waals surface area contributed by atoms with Gasteiger partial charge in [-0.1, -0.05) is 26.7 Å². The zero-order valence-electron chi connectivity index (χ0n) is 16.4. The van der Waals surface area contributed by atoms with Crippen LogP contribution < -0.4 is 10.1 Å². The predicted molar refractivity (Wildman–Crippen MR) is 101 cm³/mol. The highest BCUT2D eigenvalue weighted by atomic mass is 16.5. The molecule has 0 saturated carbocycles. The van der Waals surface area contributed by atoms with Crippen molar-refractivity contribution >= 4 is 23.7 Å². The Morgan fingerprint density at radius 1 is 1.07 bits per heavy atom. The number of Topliss-reactive ketones (excluding diaryl/α,β-unsaturated/α-hetero) is 1. The first-order valence-electron chi connectivity index (χ1n) is 9.33. The van der Waals surface area contributed by atoms with Crippen molar-refractivity contribution in [2.75, 3.05) is 20.3 Å². The van der Waals surface area contributed by atoms with E-state index in [2.05, 4.69) is 5.32 Å². The molecule has 28 heavy (non-hydrogen) atoms. The number of benzene rings is 1. The molecular formula is C20H26N2O6. The van der Waals surface area contributed by atoms with Gasteiger partial charge in [0.2, 0.25) is 0 Å². The van der Waals surface area contributed by atoms with Crippen molar-refractivity contribution in [3.05, 3.63) is 29.8 Å². The SMILES string of the molecule is CCCC1(CCC)NC(=O)N(CC(=O)OCC(=O)c2ccc(OC)cc2)C1=O. The minimum atomic E-state index is -0.959. The maximum Gasteiger partial charge on any atom is 0.326 e. The Hall–Kier alpha value is -2.90. The van der Waals surface area contributed by atoms with Crippen molar-refractivity contribution in [3.63, 3.8) is 0 Å². The number of urea groups is 1. The number of ketones is 1. The van der Waals surface area contributed by atoms with E-state index in [1.807, 2.05) is 13.8 Å². The van der Waals surface area contributed by atoms with Gasteiger partial charge >= 0.3 is 12.0 Å². The molecular weight excluding hydrogens is 364 g/mol. The molecule has 3 amide bonds. The Bertz CT molecular complexity index is 738. The third kappa shape index (κ3) is 4.68. The molecule has 0 bridgehead atoms. The van der Waals surface area contributed by atoms with E-state index in [1.54, 1.807) is 24.3 Å². The Labute approximate surface area is 164 Å². The van der Waals surface area contributed by atoms with E-state index in [1.165, 1.54) is 7.11 Å². The van der Waals surface area contributed by atoms with Gasteiger partial charge in [0.05, 0.1) is 7.11 Å². The van der Waals surface area contributed by atoms with Gasteiger partial charge in [0.1, 0.15) is 17.8 Å². The standard InChI is InChI=1S/C20H26N2O6/c1-4-10-20(11-5-2)18(25)22(19(26)21-20)12-17(24)28-13-16(23)14-6-8-15(27-3)9-7-14/h6-9H,4-5,10-13H2,1-3H3,(H,21,26). The molecule has 0 aromatic heterocycles. The first-order valence-corrected chi connectivity index (χ1v) is 9.33. The van der Waals surface area contributed by atoms with Crippen LogP contribution in [0.4, 0.5) is 4.79 Å². The first-order chi connectivity index (χ1) is 13.4. The molecule has 1 N–H and O–H groups in total. The second kappa shape index (κ2) is 9.34. The largest absolute Gasteiger partial charge is 0.497 e. The number of methoxy groups -OCH3 is 1. The summed E-state index contributed by atoms with van der Waals surface area (Å²) in [4.78, 5) is 50.0. The van der Waals surface area contributed by atoms with Gasteiger partial charge in [-0.15, -0.1) is 0 Å². The lowest BCUT2D eigenvalue weighted by Gasteiger charge is -2.25. The Morgan fingerprint density at radius 3 is 2.21 bits per heavy atom. The van der Waals surface area contributed by atoms with Crippen molar-refractivity contribution in [2.45, 2.75) is 45.1 Å². The van der Waals surface area contributed by atoms with E-state index < -0.39 is 36.6 Å². The Balaban J connectivity index is 1.93. The smallest absolute Gasteiger partial charge is 0.326 e. The van der Waals surface area contributed by atoms with Gasteiger partial charge in [0.25, 0.3) is 5.91 Å². The summed E-state index contributed by atoms with van der Waals surface area (Å²) in [6.07, 6.45) is 2.46. The number of esters is 1. The summed E-state index contributed by atoms with van der Waals surface area (Å²) in [5, 5.41) is 2.73. The summed E-state index contributed by atoms with van der Waals surface area (Å²) in [5.74, 6) is -1.01. The van der Waals surface area contributed by atoms with Crippen LogP contribution >= 0.6 is 0 Å². The molecule has 8 heteroatoms. The van der Waals surface area contributed by atoms with Gasteiger partial charge in [-0.3, -0.25) is 19.3 Å². The lowest BCUT2D eigenvalue weighted by Crippen LogP contribution is -2.47. The number of rotatable bonds is 10. The zero-order chi connectivity index (χ0) is 20.7. The molecule has 0 unspecified atom stereocenters. The van der Waals surface area contributed by atoms with Crippen LogP contribution in [0.2, 0.25) is 0 Å². The van der Waals surface area contributed by atoms with E-state index in [9.17, 15) is 19.2 Å². The van der Waals surface area contributed by atoms with Crippen LogP contribution in [0, 0.1) is 0 Å². The highest BCUT2D eigenvalue weighted by molar-refractivity contribution is 6.08. The zero-order valence-corrected chi connectivity index (χ0v) is 16.4. The van der Waals surface area contributed by atoms with Gasteiger partial charge in [-0.25, -0.2) is 4.79 Å². The molecule has 0 radical (unpaired) electrons. The molecule has 2 rings (SSSR count). The molecule has 152 valence electrons. The quantitative estimate of drug-likeness (QED) is 0.374. The summed E-state index contributed by atoms with van der Waals surface area (Å²) < 4.78 is 9.99. The molecule has 0 spiro atoms. The van der Waals surface area contributed by atoms with E-state index in [0.29, 0.717) is 24.2 Å². The minimum Gasteiger partial charge on any atom is -0.497 e. The lowest BCUT2D eigenvalue weighted by molar-refractivity contribution is -0.147. The maximum atomic E-state index is 12.7. The summed E-state index contributed by atoms with van der Waals surface area (Å²) in [5.41, 5.74) is -0.590. The van der Waals surface area contributed by atoms with Gasteiger partial charge in [-0.2, -0.15) is 0 Å². The number of carbonyl (C=O) groups excluding carboxylic acids is 4. The summed E-state index contributed by atoms with van der Waals surface area (Å²) >= 11 is 0. The number of imide groups is 1. The van der Waals surface area contributed by atoms with Crippen LogP contribution in [-0.2, 0) is 14.3 Å². The molecule has 1 aromatic rings. The molecule has 1 aliphatic rings. The average Bonchev–Trinajstić information content (AvgIpc) is 2.91. The van der Waals surface area contributed by atoms with Crippen LogP contribution in [0.25, 0.3) is 0 Å². The van der Waals surface area contributed by atoms with Crippen LogP contribution in [0.15, 0.2) is 24.3 Å². The van der Waals surface area contributed by atoms with Crippen molar-refractivity contribution in [1.82, 2.24) is 10.2 Å². The Kier molecular flexibility index (Phi) is 7.14. The van der Waals surface area contributed by atoms with Crippen LogP contribution in [-0.4, -0.2) is 54.4 Å². The fourth-order valence-corrected chi connectivity index (χ4v) is 3.32. The molecule has 1 heterocycles. The molecule has 1 aliphatic heterocycles. The predicted octanol–water partition coefficient (Wildman–Crippen LogP) is 2.31. The number of hydrogen-bond acceptors (Lipinski definition) is 6. The molecule has 8 nitrogen and oxygen atoms in total. The van der Waals surface area contributed by atoms with Crippen molar-refractivity contribution in [1.29, 1.82) is 0 Å². The summed E-state index contributed by atoms with van der Waals surface area (Å²) in [6, 6.07) is 5.78. The highest BCUT2D eigenvalue weighted by Gasteiger charge is 2.50. The van der Waals surface area contributed by atoms with Gasteiger partial charge in [0, 0.05) is 5.56 Å².